The fourth-order valence-corrected chi connectivity index (χ4v) is 3.99. The minimum atomic E-state index is -0.262. The molecule has 0 spiro atoms. The summed E-state index contributed by atoms with van der Waals surface area (Å²) >= 11 is 0. The summed E-state index contributed by atoms with van der Waals surface area (Å²) in [6.45, 7) is 1.99. The molecule has 6 nitrogen and oxygen atoms in total. The summed E-state index contributed by atoms with van der Waals surface area (Å²) in [4.78, 5) is 8.93. The van der Waals surface area contributed by atoms with Crippen LogP contribution in [0.15, 0.2) is 41.2 Å². The van der Waals surface area contributed by atoms with Crippen molar-refractivity contribution < 1.29 is 14.0 Å². The molecule has 4 rings (SSSR count). The number of rotatable bonds is 5. The zero-order chi connectivity index (χ0) is 18.9. The van der Waals surface area contributed by atoms with Crippen LogP contribution in [0.4, 0.5) is 0 Å². The van der Waals surface area contributed by atoms with Gasteiger partial charge in [0.1, 0.15) is 0 Å². The van der Waals surface area contributed by atoms with Crippen LogP contribution in [0, 0.1) is 6.92 Å². The average molecular weight is 365 g/mol. The predicted octanol–water partition coefficient (Wildman–Crippen LogP) is 4.32. The average Bonchev–Trinajstić information content (AvgIpc) is 3.38. The van der Waals surface area contributed by atoms with Crippen LogP contribution in [-0.2, 0) is 5.41 Å². The van der Waals surface area contributed by atoms with Crippen LogP contribution >= 0.6 is 0 Å². The quantitative estimate of drug-likeness (QED) is 0.671. The highest BCUT2D eigenvalue weighted by Gasteiger charge is 2.42. The highest BCUT2D eigenvalue weighted by molar-refractivity contribution is 5.57. The van der Waals surface area contributed by atoms with Crippen molar-refractivity contribution in [1.29, 1.82) is 0 Å². The molecule has 0 amide bonds. The maximum atomic E-state index is 5.65. The van der Waals surface area contributed by atoms with Gasteiger partial charge >= 0.3 is 0 Å². The third-order valence-corrected chi connectivity index (χ3v) is 5.50. The summed E-state index contributed by atoms with van der Waals surface area (Å²) in [5.74, 6) is 2.71. The van der Waals surface area contributed by atoms with Crippen molar-refractivity contribution in [2.75, 3.05) is 14.2 Å². The summed E-state index contributed by atoms with van der Waals surface area (Å²) in [6.07, 6.45) is 7.78. The highest BCUT2D eigenvalue weighted by atomic mass is 16.5. The predicted molar refractivity (Wildman–Crippen MR) is 101 cm³/mol. The van der Waals surface area contributed by atoms with Gasteiger partial charge in [-0.2, -0.15) is 4.98 Å². The molecule has 0 radical (unpaired) electrons. The van der Waals surface area contributed by atoms with E-state index in [-0.39, 0.29) is 5.41 Å². The van der Waals surface area contributed by atoms with Crippen LogP contribution in [0.3, 0.4) is 0 Å². The molecule has 3 aromatic rings. The zero-order valence-corrected chi connectivity index (χ0v) is 15.9. The maximum absolute atomic E-state index is 5.65. The minimum Gasteiger partial charge on any atom is -0.493 e. The van der Waals surface area contributed by atoms with Gasteiger partial charge in [-0.3, -0.25) is 4.98 Å². The van der Waals surface area contributed by atoms with E-state index >= 15 is 0 Å². The molecule has 0 aliphatic heterocycles. The monoisotopic (exact) mass is 365 g/mol. The Hall–Kier alpha value is -2.89. The van der Waals surface area contributed by atoms with Crippen LogP contribution in [0.2, 0.25) is 0 Å². The zero-order valence-electron chi connectivity index (χ0n) is 15.9. The van der Waals surface area contributed by atoms with Gasteiger partial charge in [-0.25, -0.2) is 0 Å². The smallest absolute Gasteiger partial charge is 0.258 e. The van der Waals surface area contributed by atoms with E-state index in [0.29, 0.717) is 5.89 Å². The summed E-state index contributed by atoms with van der Waals surface area (Å²) in [5.41, 5.74) is 2.81. The molecule has 1 saturated carbocycles. The highest BCUT2D eigenvalue weighted by Crippen LogP contribution is 2.47. The second-order valence-electron chi connectivity index (χ2n) is 6.97. The topological polar surface area (TPSA) is 70.3 Å². The SMILES string of the molecule is COc1ccc(C2(c3noc(-c4ccncc4C)n3)CCCC2)cc1OC. The Kier molecular flexibility index (Phi) is 4.56. The first-order valence-corrected chi connectivity index (χ1v) is 9.15. The lowest BCUT2D eigenvalue weighted by molar-refractivity contribution is 0.352. The number of nitrogens with zero attached hydrogens (tertiary/aromatic N) is 3. The molecular formula is C21H23N3O3. The second kappa shape index (κ2) is 7.02. The largest absolute Gasteiger partial charge is 0.493 e. The molecule has 0 bridgehead atoms. The summed E-state index contributed by atoms with van der Waals surface area (Å²) in [5, 5.41) is 4.38. The molecule has 6 heteroatoms. The van der Waals surface area contributed by atoms with Crippen molar-refractivity contribution in [2.24, 2.45) is 0 Å². The van der Waals surface area contributed by atoms with Gasteiger partial charge in [-0.05, 0) is 49.1 Å². The Morgan fingerprint density at radius 2 is 1.81 bits per heavy atom. The standard InChI is InChI=1S/C21H23N3O3/c1-14-13-22-11-8-16(14)19-23-20(24-27-19)21(9-4-5-10-21)15-6-7-17(25-2)18(12-15)26-3/h6-8,11-13H,4-5,9-10H2,1-3H3. The van der Waals surface area contributed by atoms with Crippen LogP contribution < -0.4 is 9.47 Å². The van der Waals surface area contributed by atoms with Crippen LogP contribution in [0.25, 0.3) is 11.5 Å². The first kappa shape index (κ1) is 17.5. The van der Waals surface area contributed by atoms with Crippen molar-refractivity contribution in [1.82, 2.24) is 15.1 Å². The molecule has 2 aromatic heterocycles. The van der Waals surface area contributed by atoms with Crippen molar-refractivity contribution >= 4 is 0 Å². The fourth-order valence-electron chi connectivity index (χ4n) is 3.99. The third kappa shape index (κ3) is 2.95. The van der Waals surface area contributed by atoms with E-state index in [1.807, 2.05) is 25.1 Å². The molecule has 2 heterocycles. The van der Waals surface area contributed by atoms with E-state index in [4.69, 9.17) is 19.0 Å². The van der Waals surface area contributed by atoms with Crippen molar-refractivity contribution in [3.8, 4) is 23.0 Å². The third-order valence-electron chi connectivity index (χ3n) is 5.50. The first-order valence-electron chi connectivity index (χ1n) is 9.15. The van der Waals surface area contributed by atoms with Gasteiger partial charge in [0, 0.05) is 18.0 Å². The lowest BCUT2D eigenvalue weighted by atomic mass is 9.78. The Balaban J connectivity index is 1.79. The van der Waals surface area contributed by atoms with Gasteiger partial charge in [-0.1, -0.05) is 24.1 Å². The lowest BCUT2D eigenvalue weighted by Crippen LogP contribution is -2.25. The van der Waals surface area contributed by atoms with Crippen LogP contribution in [0.1, 0.15) is 42.6 Å². The second-order valence-corrected chi connectivity index (χ2v) is 6.97. The molecule has 0 unspecified atom stereocenters. The van der Waals surface area contributed by atoms with E-state index in [2.05, 4.69) is 16.2 Å². The van der Waals surface area contributed by atoms with E-state index < -0.39 is 0 Å². The summed E-state index contributed by atoms with van der Waals surface area (Å²) < 4.78 is 16.5. The number of benzene rings is 1. The first-order chi connectivity index (χ1) is 13.2. The van der Waals surface area contributed by atoms with Gasteiger partial charge < -0.3 is 14.0 Å². The maximum Gasteiger partial charge on any atom is 0.258 e. The normalized spacial score (nSPS) is 15.7. The molecule has 0 atom stereocenters. The number of ether oxygens (including phenoxy) is 2. The van der Waals surface area contributed by atoms with E-state index in [1.54, 1.807) is 26.6 Å². The molecule has 1 aliphatic rings. The molecule has 27 heavy (non-hydrogen) atoms. The lowest BCUT2D eigenvalue weighted by Gasteiger charge is -2.26. The van der Waals surface area contributed by atoms with E-state index in [9.17, 15) is 0 Å². The van der Waals surface area contributed by atoms with Crippen LogP contribution in [-0.4, -0.2) is 29.3 Å². The van der Waals surface area contributed by atoms with Gasteiger partial charge in [0.25, 0.3) is 5.89 Å². The number of pyridine rings is 1. The van der Waals surface area contributed by atoms with Gasteiger partial charge in [0.2, 0.25) is 0 Å². The molecule has 1 aliphatic carbocycles. The Morgan fingerprint density at radius 1 is 1.04 bits per heavy atom. The van der Waals surface area contributed by atoms with Crippen molar-refractivity contribution in [2.45, 2.75) is 38.0 Å². The number of hydrogen-bond acceptors (Lipinski definition) is 6. The van der Waals surface area contributed by atoms with E-state index in [1.165, 1.54) is 0 Å². The number of aryl methyl sites for hydroxylation is 1. The van der Waals surface area contributed by atoms with Crippen LogP contribution in [0.5, 0.6) is 11.5 Å². The minimum absolute atomic E-state index is 0.262. The number of methoxy groups -OCH3 is 2. The molecule has 1 fully saturated rings. The Labute approximate surface area is 158 Å². The number of aromatic nitrogens is 3. The van der Waals surface area contributed by atoms with Crippen molar-refractivity contribution in [3.05, 3.63) is 53.6 Å². The van der Waals surface area contributed by atoms with Gasteiger partial charge in [-0.15, -0.1) is 0 Å². The van der Waals surface area contributed by atoms with E-state index in [0.717, 1.165) is 59.7 Å². The Bertz CT molecular complexity index is 945. The van der Waals surface area contributed by atoms with Crippen molar-refractivity contribution in [3.63, 3.8) is 0 Å². The van der Waals surface area contributed by atoms with Gasteiger partial charge in [0.05, 0.1) is 19.6 Å². The molecular weight excluding hydrogens is 342 g/mol. The Morgan fingerprint density at radius 3 is 2.52 bits per heavy atom. The molecule has 0 N–H and O–H groups in total. The molecule has 140 valence electrons. The summed E-state index contributed by atoms with van der Waals surface area (Å²) in [7, 11) is 3.30. The molecule has 0 saturated heterocycles. The fraction of sp³-hybridized carbons (Fsp3) is 0.381. The molecule has 1 aromatic carbocycles. The number of hydrogen-bond donors (Lipinski definition) is 0. The summed E-state index contributed by atoms with van der Waals surface area (Å²) in [6, 6.07) is 7.98. The van der Waals surface area contributed by atoms with Gasteiger partial charge in [0.15, 0.2) is 17.3 Å².